The van der Waals surface area contributed by atoms with Crippen LogP contribution < -0.4 is 11.1 Å². The number of carbonyl (C=O) groups is 1. The highest BCUT2D eigenvalue weighted by Crippen LogP contribution is 2.25. The summed E-state index contributed by atoms with van der Waals surface area (Å²) in [4.78, 5) is 12.9. The highest BCUT2D eigenvalue weighted by Gasteiger charge is 2.21. The van der Waals surface area contributed by atoms with Gasteiger partial charge in [0, 0.05) is 41.7 Å². The molecular weight excluding hydrogens is 338 g/mol. The monoisotopic (exact) mass is 365 g/mol. The van der Waals surface area contributed by atoms with E-state index in [-0.39, 0.29) is 17.9 Å². The normalized spacial score (nSPS) is 11.7. The fraction of sp³-hybridized carbons (Fsp3) is 0.318. The highest BCUT2D eigenvalue weighted by atomic mass is 16.3. The van der Waals surface area contributed by atoms with Gasteiger partial charge in [-0.2, -0.15) is 0 Å². The second kappa shape index (κ2) is 7.45. The summed E-state index contributed by atoms with van der Waals surface area (Å²) >= 11 is 0. The average molecular weight is 365 g/mol. The predicted molar refractivity (Wildman–Crippen MR) is 110 cm³/mol. The molecule has 0 unspecified atom stereocenters. The molecule has 0 aliphatic carbocycles. The van der Waals surface area contributed by atoms with Crippen LogP contribution in [0, 0.1) is 12.3 Å². The van der Waals surface area contributed by atoms with Gasteiger partial charge in [0.05, 0.1) is 0 Å². The number of aliphatic hydroxyl groups excluding tert-OH is 1. The van der Waals surface area contributed by atoms with Crippen LogP contribution in [0.15, 0.2) is 48.5 Å². The molecule has 0 atom stereocenters. The van der Waals surface area contributed by atoms with Crippen LogP contribution in [0.5, 0.6) is 0 Å². The number of aryl methyl sites for hydroxylation is 1. The Kier molecular flexibility index (Phi) is 5.24. The number of nitrogens with two attached hydrogens (primary N) is 1. The van der Waals surface area contributed by atoms with Crippen LogP contribution in [-0.4, -0.2) is 28.7 Å². The molecule has 0 saturated heterocycles. The number of aromatic nitrogens is 1. The van der Waals surface area contributed by atoms with Gasteiger partial charge in [0.15, 0.2) is 0 Å². The maximum Gasteiger partial charge on any atom is 0.267 e. The van der Waals surface area contributed by atoms with Crippen molar-refractivity contribution in [3.63, 3.8) is 0 Å². The molecule has 0 aliphatic heterocycles. The summed E-state index contributed by atoms with van der Waals surface area (Å²) in [5, 5.41) is 13.3. The zero-order valence-electron chi connectivity index (χ0n) is 16.1. The second-order valence-electron chi connectivity index (χ2n) is 7.87. The number of hydrogen-bond donors (Lipinski definition) is 3. The topological polar surface area (TPSA) is 80.3 Å². The molecule has 1 heterocycles. The molecule has 3 rings (SSSR count). The van der Waals surface area contributed by atoms with E-state index in [4.69, 9.17) is 5.73 Å². The highest BCUT2D eigenvalue weighted by molar-refractivity contribution is 5.99. The number of nitrogens with one attached hydrogen (secondary N) is 1. The first-order valence-electron chi connectivity index (χ1n) is 9.13. The Morgan fingerprint density at radius 1 is 1.19 bits per heavy atom. The molecule has 1 amide bonds. The molecule has 27 heavy (non-hydrogen) atoms. The van der Waals surface area contributed by atoms with E-state index in [9.17, 15) is 9.90 Å². The lowest BCUT2D eigenvalue weighted by molar-refractivity contribution is 0.0903. The molecule has 0 saturated carbocycles. The average Bonchev–Trinajstić information content (AvgIpc) is 2.99. The van der Waals surface area contributed by atoms with E-state index in [0.717, 1.165) is 16.5 Å². The van der Waals surface area contributed by atoms with Gasteiger partial charge in [0.1, 0.15) is 5.69 Å². The standard InChI is InChI=1S/C22H27N3O2/c1-15-6-4-5-7-16(15)12-25-19-9-8-18(23)10-17(19)11-20(25)21(27)24-13-22(2,3)14-26/h4-11,26H,12-14,23H2,1-3H3,(H,24,27). The van der Waals surface area contributed by atoms with E-state index >= 15 is 0 Å². The van der Waals surface area contributed by atoms with Crippen LogP contribution in [0.1, 0.15) is 35.5 Å². The van der Waals surface area contributed by atoms with E-state index in [1.807, 2.05) is 54.8 Å². The smallest absolute Gasteiger partial charge is 0.267 e. The van der Waals surface area contributed by atoms with Crippen molar-refractivity contribution in [3.05, 3.63) is 65.4 Å². The summed E-state index contributed by atoms with van der Waals surface area (Å²) < 4.78 is 2.03. The van der Waals surface area contributed by atoms with E-state index in [1.54, 1.807) is 0 Å². The van der Waals surface area contributed by atoms with Gasteiger partial charge in [-0.15, -0.1) is 0 Å². The number of amides is 1. The van der Waals surface area contributed by atoms with Crippen LogP contribution in [-0.2, 0) is 6.54 Å². The molecule has 1 aromatic heterocycles. The number of nitrogens with zero attached hydrogens (tertiary/aromatic N) is 1. The Morgan fingerprint density at radius 2 is 1.93 bits per heavy atom. The molecule has 142 valence electrons. The summed E-state index contributed by atoms with van der Waals surface area (Å²) in [6, 6.07) is 15.7. The number of benzene rings is 2. The minimum atomic E-state index is -0.368. The first kappa shape index (κ1) is 19.0. The van der Waals surface area contributed by atoms with Gasteiger partial charge in [0.2, 0.25) is 0 Å². The molecule has 2 aromatic carbocycles. The van der Waals surface area contributed by atoms with Crippen molar-refractivity contribution in [2.45, 2.75) is 27.3 Å². The van der Waals surface area contributed by atoms with E-state index in [2.05, 4.69) is 24.4 Å². The Labute approximate surface area is 159 Å². The minimum absolute atomic E-state index is 0.00993. The van der Waals surface area contributed by atoms with Crippen LogP contribution in [0.25, 0.3) is 10.9 Å². The van der Waals surface area contributed by atoms with Crippen molar-refractivity contribution < 1.29 is 9.90 Å². The van der Waals surface area contributed by atoms with E-state index in [1.165, 1.54) is 5.56 Å². The molecule has 0 aliphatic rings. The number of fused-ring (bicyclic) bond motifs is 1. The van der Waals surface area contributed by atoms with Crippen molar-refractivity contribution in [1.29, 1.82) is 0 Å². The number of rotatable bonds is 6. The van der Waals surface area contributed by atoms with Gasteiger partial charge in [-0.1, -0.05) is 38.1 Å². The van der Waals surface area contributed by atoms with Gasteiger partial charge in [-0.05, 0) is 42.3 Å². The number of hydrogen-bond acceptors (Lipinski definition) is 3. The number of carbonyl (C=O) groups excluding carboxylic acids is 1. The maximum atomic E-state index is 12.9. The van der Waals surface area contributed by atoms with Crippen molar-refractivity contribution in [2.24, 2.45) is 5.41 Å². The largest absolute Gasteiger partial charge is 0.399 e. The molecule has 0 bridgehead atoms. The lowest BCUT2D eigenvalue weighted by Gasteiger charge is -2.22. The van der Waals surface area contributed by atoms with Crippen molar-refractivity contribution in [1.82, 2.24) is 9.88 Å². The zero-order chi connectivity index (χ0) is 19.6. The number of anilines is 1. The van der Waals surface area contributed by atoms with E-state index < -0.39 is 0 Å². The van der Waals surface area contributed by atoms with E-state index in [0.29, 0.717) is 24.5 Å². The zero-order valence-corrected chi connectivity index (χ0v) is 16.1. The van der Waals surface area contributed by atoms with Crippen LogP contribution >= 0.6 is 0 Å². The first-order chi connectivity index (χ1) is 12.8. The summed E-state index contributed by atoms with van der Waals surface area (Å²) in [6.07, 6.45) is 0. The fourth-order valence-corrected chi connectivity index (χ4v) is 3.07. The molecule has 0 fully saturated rings. The van der Waals surface area contributed by atoms with Gasteiger partial charge in [-0.25, -0.2) is 0 Å². The molecule has 0 spiro atoms. The molecule has 0 radical (unpaired) electrons. The lowest BCUT2D eigenvalue weighted by atomic mass is 9.95. The third-order valence-corrected chi connectivity index (χ3v) is 4.90. The summed E-state index contributed by atoms with van der Waals surface area (Å²) in [6.45, 7) is 6.91. The number of aliphatic hydroxyl groups is 1. The minimum Gasteiger partial charge on any atom is -0.399 e. The molecular formula is C22H27N3O2. The van der Waals surface area contributed by atoms with Gasteiger partial charge >= 0.3 is 0 Å². The Bertz CT molecular complexity index is 973. The van der Waals surface area contributed by atoms with Gasteiger partial charge in [0.25, 0.3) is 5.91 Å². The third kappa shape index (κ3) is 4.14. The summed E-state index contributed by atoms with van der Waals surface area (Å²) in [5.74, 6) is -0.153. The van der Waals surface area contributed by atoms with Crippen LogP contribution in [0.4, 0.5) is 5.69 Å². The molecule has 4 N–H and O–H groups in total. The summed E-state index contributed by atoms with van der Waals surface area (Å²) in [5.41, 5.74) is 10.1. The fourth-order valence-electron chi connectivity index (χ4n) is 3.07. The van der Waals surface area contributed by atoms with Crippen molar-refractivity contribution >= 4 is 22.5 Å². The quantitative estimate of drug-likeness (QED) is 0.586. The third-order valence-electron chi connectivity index (χ3n) is 4.90. The molecule has 3 aromatic rings. The Balaban J connectivity index is 2.01. The van der Waals surface area contributed by atoms with Gasteiger partial charge in [-0.3, -0.25) is 4.79 Å². The molecule has 5 nitrogen and oxygen atoms in total. The van der Waals surface area contributed by atoms with Crippen LogP contribution in [0.2, 0.25) is 0 Å². The van der Waals surface area contributed by atoms with Gasteiger partial charge < -0.3 is 20.7 Å². The Morgan fingerprint density at radius 3 is 2.63 bits per heavy atom. The predicted octanol–water partition coefficient (Wildman–Crippen LogP) is 3.33. The Hall–Kier alpha value is -2.79. The first-order valence-corrected chi connectivity index (χ1v) is 9.13. The number of nitrogen functional groups attached to an aromatic ring is 1. The van der Waals surface area contributed by atoms with Crippen molar-refractivity contribution in [2.75, 3.05) is 18.9 Å². The maximum absolute atomic E-state index is 12.9. The molecule has 5 heteroatoms. The second-order valence-corrected chi connectivity index (χ2v) is 7.87. The van der Waals surface area contributed by atoms with Crippen LogP contribution in [0.3, 0.4) is 0 Å². The SMILES string of the molecule is Cc1ccccc1Cn1c(C(=O)NCC(C)(C)CO)cc2cc(N)ccc21. The lowest BCUT2D eigenvalue weighted by Crippen LogP contribution is -2.36. The summed E-state index contributed by atoms with van der Waals surface area (Å²) in [7, 11) is 0. The van der Waals surface area contributed by atoms with Crippen molar-refractivity contribution in [3.8, 4) is 0 Å².